The predicted octanol–water partition coefficient (Wildman–Crippen LogP) is 6.52. The second-order valence-corrected chi connectivity index (χ2v) is 9.02. The van der Waals surface area contributed by atoms with Crippen LogP contribution in [-0.4, -0.2) is 5.97 Å². The molecule has 0 aliphatic heterocycles. The minimum atomic E-state index is -0.299. The second-order valence-electron chi connectivity index (χ2n) is 9.02. The zero-order valence-corrected chi connectivity index (χ0v) is 17.3. The van der Waals surface area contributed by atoms with E-state index in [1.165, 1.54) is 42.0 Å². The zero-order valence-electron chi connectivity index (χ0n) is 17.3. The summed E-state index contributed by atoms with van der Waals surface area (Å²) in [5, 5.41) is 0. The van der Waals surface area contributed by atoms with Crippen LogP contribution in [0.3, 0.4) is 0 Å². The van der Waals surface area contributed by atoms with Crippen molar-refractivity contribution in [2.45, 2.75) is 65.2 Å². The Morgan fingerprint density at radius 1 is 0.926 bits per heavy atom. The molecule has 0 heterocycles. The standard InChI is InChI=1S/C25H30O2/c1-17(14-19-8-7-9-21(15-19)27-18(2)26)20-10-11-22-23(16-20)25(5,6)13-12-24(22,3)4/h7-11,14-16H,12-13H2,1-6H3/b17-14+. The first-order chi connectivity index (χ1) is 12.6. The van der Waals surface area contributed by atoms with Gasteiger partial charge in [0.15, 0.2) is 0 Å². The Hall–Kier alpha value is -2.35. The molecule has 3 rings (SSSR count). The maximum absolute atomic E-state index is 11.2. The van der Waals surface area contributed by atoms with Crippen molar-refractivity contribution in [3.05, 3.63) is 64.7 Å². The quantitative estimate of drug-likeness (QED) is 0.353. The van der Waals surface area contributed by atoms with Crippen LogP contribution in [-0.2, 0) is 15.6 Å². The normalized spacial score (nSPS) is 17.9. The van der Waals surface area contributed by atoms with E-state index in [-0.39, 0.29) is 16.8 Å². The zero-order chi connectivity index (χ0) is 19.8. The van der Waals surface area contributed by atoms with Gasteiger partial charge in [-0.05, 0) is 70.6 Å². The van der Waals surface area contributed by atoms with Crippen LogP contribution in [0, 0.1) is 0 Å². The van der Waals surface area contributed by atoms with Gasteiger partial charge in [-0.2, -0.15) is 0 Å². The summed E-state index contributed by atoms with van der Waals surface area (Å²) >= 11 is 0. The van der Waals surface area contributed by atoms with Gasteiger partial charge >= 0.3 is 5.97 Å². The van der Waals surface area contributed by atoms with E-state index >= 15 is 0 Å². The molecule has 1 aliphatic carbocycles. The van der Waals surface area contributed by atoms with E-state index in [9.17, 15) is 4.79 Å². The maximum atomic E-state index is 11.2. The van der Waals surface area contributed by atoms with Gasteiger partial charge in [-0.3, -0.25) is 4.79 Å². The minimum Gasteiger partial charge on any atom is -0.427 e. The Morgan fingerprint density at radius 3 is 2.26 bits per heavy atom. The van der Waals surface area contributed by atoms with Gasteiger partial charge in [0.1, 0.15) is 5.75 Å². The van der Waals surface area contributed by atoms with Crippen LogP contribution in [0.15, 0.2) is 42.5 Å². The molecule has 2 nitrogen and oxygen atoms in total. The lowest BCUT2D eigenvalue weighted by Crippen LogP contribution is -2.33. The number of hydrogen-bond acceptors (Lipinski definition) is 2. The van der Waals surface area contributed by atoms with Crippen molar-refractivity contribution >= 4 is 17.6 Å². The average Bonchev–Trinajstić information content (AvgIpc) is 2.58. The van der Waals surface area contributed by atoms with E-state index in [0.29, 0.717) is 5.75 Å². The summed E-state index contributed by atoms with van der Waals surface area (Å²) in [6.45, 7) is 13.0. The van der Waals surface area contributed by atoms with Gasteiger partial charge in [-0.25, -0.2) is 0 Å². The van der Waals surface area contributed by atoms with Crippen molar-refractivity contribution in [3.8, 4) is 5.75 Å². The number of carbonyl (C=O) groups is 1. The molecule has 0 aromatic heterocycles. The number of hydrogen-bond donors (Lipinski definition) is 0. The van der Waals surface area contributed by atoms with Crippen molar-refractivity contribution in [1.82, 2.24) is 0 Å². The highest BCUT2D eigenvalue weighted by Gasteiger charge is 2.36. The lowest BCUT2D eigenvalue weighted by atomic mass is 9.63. The minimum absolute atomic E-state index is 0.205. The highest BCUT2D eigenvalue weighted by Crippen LogP contribution is 2.46. The fraction of sp³-hybridized carbons (Fsp3) is 0.400. The van der Waals surface area contributed by atoms with Crippen LogP contribution >= 0.6 is 0 Å². The topological polar surface area (TPSA) is 26.3 Å². The van der Waals surface area contributed by atoms with Crippen molar-refractivity contribution in [1.29, 1.82) is 0 Å². The largest absolute Gasteiger partial charge is 0.427 e. The molecule has 0 spiro atoms. The summed E-state index contributed by atoms with van der Waals surface area (Å²) in [6, 6.07) is 14.6. The van der Waals surface area contributed by atoms with Gasteiger partial charge in [0.05, 0.1) is 0 Å². The monoisotopic (exact) mass is 362 g/mol. The molecule has 1 aliphatic rings. The van der Waals surface area contributed by atoms with E-state index in [1.54, 1.807) is 6.07 Å². The third-order valence-corrected chi connectivity index (χ3v) is 5.81. The molecule has 0 radical (unpaired) electrons. The summed E-state index contributed by atoms with van der Waals surface area (Å²) in [5.41, 5.74) is 6.87. The van der Waals surface area contributed by atoms with Crippen molar-refractivity contribution in [3.63, 3.8) is 0 Å². The number of rotatable bonds is 3. The highest BCUT2D eigenvalue weighted by atomic mass is 16.5. The fourth-order valence-electron chi connectivity index (χ4n) is 4.00. The first-order valence-electron chi connectivity index (χ1n) is 9.71. The van der Waals surface area contributed by atoms with Gasteiger partial charge in [0.2, 0.25) is 0 Å². The molecule has 2 aromatic carbocycles. The van der Waals surface area contributed by atoms with E-state index in [4.69, 9.17) is 4.74 Å². The number of ether oxygens (including phenoxy) is 1. The summed E-state index contributed by atoms with van der Waals surface area (Å²) in [7, 11) is 0. The Balaban J connectivity index is 1.97. The fourth-order valence-corrected chi connectivity index (χ4v) is 4.00. The van der Waals surface area contributed by atoms with Gasteiger partial charge in [-0.15, -0.1) is 0 Å². The Kier molecular flexibility index (Phi) is 5.03. The molecule has 0 amide bonds. The molecular formula is C25H30O2. The molecule has 0 unspecified atom stereocenters. The SMILES string of the molecule is CC(=O)Oc1cccc(/C=C(\C)c2ccc3c(c2)C(C)(C)CCC3(C)C)c1. The van der Waals surface area contributed by atoms with Crippen LogP contribution < -0.4 is 4.74 Å². The smallest absolute Gasteiger partial charge is 0.308 e. The molecule has 0 saturated carbocycles. The van der Waals surface area contributed by atoms with Crippen molar-refractivity contribution in [2.24, 2.45) is 0 Å². The molecular weight excluding hydrogens is 332 g/mol. The third kappa shape index (κ3) is 4.16. The molecule has 0 N–H and O–H groups in total. The summed E-state index contributed by atoms with van der Waals surface area (Å²) in [5.74, 6) is 0.282. The van der Waals surface area contributed by atoms with Crippen molar-refractivity contribution in [2.75, 3.05) is 0 Å². The van der Waals surface area contributed by atoms with E-state index in [2.05, 4.69) is 58.9 Å². The lowest BCUT2D eigenvalue weighted by molar-refractivity contribution is -0.131. The number of carbonyl (C=O) groups excluding carboxylic acids is 1. The molecule has 0 saturated heterocycles. The number of benzene rings is 2. The first kappa shape index (κ1) is 19.4. The predicted molar refractivity (Wildman–Crippen MR) is 113 cm³/mol. The maximum Gasteiger partial charge on any atom is 0.308 e. The van der Waals surface area contributed by atoms with E-state index in [1.807, 2.05) is 18.2 Å². The Labute approximate surface area is 163 Å². The molecule has 27 heavy (non-hydrogen) atoms. The van der Waals surface area contributed by atoms with Gasteiger partial charge in [-0.1, -0.05) is 64.1 Å². The van der Waals surface area contributed by atoms with Gasteiger partial charge in [0, 0.05) is 6.92 Å². The van der Waals surface area contributed by atoms with E-state index in [0.717, 1.165) is 5.56 Å². The van der Waals surface area contributed by atoms with Crippen molar-refractivity contribution < 1.29 is 9.53 Å². The molecule has 0 atom stereocenters. The Morgan fingerprint density at radius 2 is 1.59 bits per heavy atom. The molecule has 0 bridgehead atoms. The van der Waals surface area contributed by atoms with Crippen LogP contribution in [0.4, 0.5) is 0 Å². The second kappa shape index (κ2) is 6.99. The van der Waals surface area contributed by atoms with Gasteiger partial charge < -0.3 is 4.74 Å². The van der Waals surface area contributed by atoms with Crippen LogP contribution in [0.5, 0.6) is 5.75 Å². The third-order valence-electron chi connectivity index (χ3n) is 5.81. The lowest BCUT2D eigenvalue weighted by Gasteiger charge is -2.42. The van der Waals surface area contributed by atoms with Crippen LogP contribution in [0.2, 0.25) is 0 Å². The van der Waals surface area contributed by atoms with E-state index < -0.39 is 0 Å². The van der Waals surface area contributed by atoms with Crippen LogP contribution in [0.1, 0.15) is 76.6 Å². The molecule has 2 aromatic rings. The Bertz CT molecular complexity index is 900. The number of allylic oxidation sites excluding steroid dienone is 1. The average molecular weight is 363 g/mol. The summed E-state index contributed by atoms with van der Waals surface area (Å²) < 4.78 is 5.20. The van der Waals surface area contributed by atoms with Gasteiger partial charge in [0.25, 0.3) is 0 Å². The summed E-state index contributed by atoms with van der Waals surface area (Å²) in [4.78, 5) is 11.2. The molecule has 0 fully saturated rings. The van der Waals surface area contributed by atoms with Crippen LogP contribution in [0.25, 0.3) is 11.6 Å². The molecule has 2 heteroatoms. The molecule has 142 valence electrons. The number of esters is 1. The number of fused-ring (bicyclic) bond motifs is 1. The summed E-state index contributed by atoms with van der Waals surface area (Å²) in [6.07, 6.45) is 4.59. The highest BCUT2D eigenvalue weighted by molar-refractivity contribution is 5.81. The first-order valence-corrected chi connectivity index (χ1v) is 9.71.